The minimum Gasteiger partial charge on any atom is -0.325 e. The fourth-order valence-corrected chi connectivity index (χ4v) is 10.4. The van der Waals surface area contributed by atoms with E-state index in [9.17, 15) is 0 Å². The molecular formula is C51H45N4+. The normalized spacial score (nSPS) is 20.3. The van der Waals surface area contributed by atoms with Crippen molar-refractivity contribution < 1.29 is 0 Å². The molecule has 4 heteroatoms. The molecule has 12 rings (SSSR count). The number of nitrogens with zero attached hydrogens (tertiary/aromatic N) is 4. The number of pyridine rings is 1. The number of para-hydroxylation sites is 1. The van der Waals surface area contributed by atoms with Crippen LogP contribution in [0.5, 0.6) is 0 Å². The molecule has 268 valence electrons. The highest BCUT2D eigenvalue weighted by Crippen LogP contribution is 2.62. The van der Waals surface area contributed by atoms with Crippen molar-refractivity contribution >= 4 is 38.9 Å². The lowest BCUT2D eigenvalue weighted by molar-refractivity contribution is 0.157. The number of fused-ring (bicyclic) bond motifs is 6. The lowest BCUT2D eigenvalue weighted by Gasteiger charge is -2.55. The van der Waals surface area contributed by atoms with Gasteiger partial charge < -0.3 is 4.48 Å². The second kappa shape index (κ2) is 10.9. The van der Waals surface area contributed by atoms with Crippen LogP contribution >= 0.6 is 0 Å². The summed E-state index contributed by atoms with van der Waals surface area (Å²) in [6, 6.07) is 53.0. The Morgan fingerprint density at radius 3 is 2.00 bits per heavy atom. The lowest BCUT2D eigenvalue weighted by Crippen LogP contribution is -2.68. The first-order valence-corrected chi connectivity index (χ1v) is 19.6. The first kappa shape index (κ1) is 32.6. The SMILES string of the molecule is Cc1cc2c(cc1C)[N@@+]1(C)[CH-][N@+]2(c2cccc(C3(c4ccc5c6ccccc6n(-c6cc(C(C)(C)C)ccn6)c5c4)c4ccccc4-c4ccccc43)c2)C1. The maximum atomic E-state index is 5.03. The quantitative estimate of drug-likeness (QED) is 0.131. The van der Waals surface area contributed by atoms with Crippen LogP contribution in [-0.2, 0) is 10.8 Å². The molecular weight excluding hydrogens is 669 g/mol. The third-order valence-corrected chi connectivity index (χ3v) is 13.2. The van der Waals surface area contributed by atoms with Crippen LogP contribution in [-0.4, -0.2) is 23.3 Å². The number of aromatic nitrogens is 2. The van der Waals surface area contributed by atoms with E-state index in [0.717, 1.165) is 21.5 Å². The van der Waals surface area contributed by atoms with E-state index in [1.165, 1.54) is 88.9 Å². The number of benzene rings is 6. The fourth-order valence-electron chi connectivity index (χ4n) is 10.4. The number of aryl methyl sites for hydroxylation is 2. The second-order valence-electron chi connectivity index (χ2n) is 17.4. The first-order valence-electron chi connectivity index (χ1n) is 19.6. The molecule has 0 saturated carbocycles. The Bertz CT molecular complexity index is 2870. The molecule has 2 bridgehead atoms. The minimum atomic E-state index is -0.549. The molecule has 4 nitrogen and oxygen atoms in total. The molecule has 0 amide bonds. The van der Waals surface area contributed by atoms with Crippen LogP contribution in [0, 0.1) is 20.5 Å². The van der Waals surface area contributed by atoms with Gasteiger partial charge in [0.1, 0.15) is 11.5 Å². The summed E-state index contributed by atoms with van der Waals surface area (Å²) >= 11 is 0. The van der Waals surface area contributed by atoms with Crippen molar-refractivity contribution in [2.24, 2.45) is 0 Å². The number of hydrogen-bond acceptors (Lipinski definition) is 1. The topological polar surface area (TPSA) is 17.8 Å². The van der Waals surface area contributed by atoms with Crippen LogP contribution < -0.4 is 8.97 Å². The summed E-state index contributed by atoms with van der Waals surface area (Å²) in [5.74, 6) is 0.947. The van der Waals surface area contributed by atoms with Crippen molar-refractivity contribution in [2.75, 3.05) is 13.7 Å². The Kier molecular flexibility index (Phi) is 6.47. The molecule has 0 N–H and O–H groups in total. The Morgan fingerprint density at radius 2 is 1.27 bits per heavy atom. The summed E-state index contributed by atoms with van der Waals surface area (Å²) < 4.78 is 4.02. The highest BCUT2D eigenvalue weighted by molar-refractivity contribution is 6.09. The third-order valence-electron chi connectivity index (χ3n) is 13.2. The molecule has 1 saturated heterocycles. The molecule has 2 aromatic heterocycles. The summed E-state index contributed by atoms with van der Waals surface area (Å²) in [4.78, 5) is 5.03. The van der Waals surface area contributed by atoms with Gasteiger partial charge in [-0.3, -0.25) is 9.05 Å². The average molecular weight is 714 g/mol. The van der Waals surface area contributed by atoms with Gasteiger partial charge in [0.15, 0.2) is 18.0 Å². The van der Waals surface area contributed by atoms with E-state index in [2.05, 4.69) is 192 Å². The van der Waals surface area contributed by atoms with Crippen LogP contribution in [0.25, 0.3) is 38.8 Å². The molecule has 1 aliphatic carbocycles. The van der Waals surface area contributed by atoms with Crippen molar-refractivity contribution in [1.82, 2.24) is 18.5 Å². The summed E-state index contributed by atoms with van der Waals surface area (Å²) in [7, 11) is 2.35. The van der Waals surface area contributed by atoms with Gasteiger partial charge in [0, 0.05) is 35.2 Å². The van der Waals surface area contributed by atoms with Crippen LogP contribution in [0.2, 0.25) is 0 Å². The smallest absolute Gasteiger partial charge is 0.181 e. The van der Waals surface area contributed by atoms with Crippen molar-refractivity contribution in [1.29, 1.82) is 0 Å². The van der Waals surface area contributed by atoms with E-state index in [4.69, 9.17) is 4.98 Å². The Balaban J connectivity index is 1.20. The van der Waals surface area contributed by atoms with Gasteiger partial charge in [-0.25, -0.2) is 4.98 Å². The molecule has 3 aliphatic heterocycles. The molecule has 0 radical (unpaired) electrons. The Hall–Kier alpha value is -5.81. The lowest BCUT2D eigenvalue weighted by atomic mass is 9.67. The number of rotatable bonds is 4. The van der Waals surface area contributed by atoms with Crippen LogP contribution in [0.3, 0.4) is 0 Å². The maximum Gasteiger partial charge on any atom is 0.181 e. The zero-order chi connectivity index (χ0) is 37.5. The van der Waals surface area contributed by atoms with Gasteiger partial charge in [0.05, 0.1) is 30.2 Å². The summed E-state index contributed by atoms with van der Waals surface area (Å²) in [5, 5.41) is 2.47. The zero-order valence-electron chi connectivity index (χ0n) is 32.4. The number of quaternary nitrogens is 2. The van der Waals surface area contributed by atoms with Crippen molar-refractivity contribution in [3.63, 3.8) is 0 Å². The van der Waals surface area contributed by atoms with Gasteiger partial charge in [-0.2, -0.15) is 0 Å². The summed E-state index contributed by atoms with van der Waals surface area (Å²) in [6.07, 6.45) is 1.97. The van der Waals surface area contributed by atoms with Crippen molar-refractivity contribution in [3.8, 4) is 16.9 Å². The number of hydrogen-bond donors (Lipinski definition) is 0. The summed E-state index contributed by atoms with van der Waals surface area (Å²) in [5.41, 5.74) is 17.7. The largest absolute Gasteiger partial charge is 0.325 e. The van der Waals surface area contributed by atoms with Gasteiger partial charge in [-0.15, -0.1) is 0 Å². The van der Waals surface area contributed by atoms with Crippen LogP contribution in [0.15, 0.2) is 146 Å². The van der Waals surface area contributed by atoms with Crippen LogP contribution in [0.1, 0.15) is 59.7 Å². The Labute approximate surface area is 323 Å². The van der Waals surface area contributed by atoms with E-state index in [-0.39, 0.29) is 5.41 Å². The molecule has 2 atom stereocenters. The molecule has 55 heavy (non-hydrogen) atoms. The van der Waals surface area contributed by atoms with Gasteiger partial charge in [-0.1, -0.05) is 112 Å². The molecule has 1 fully saturated rings. The van der Waals surface area contributed by atoms with Gasteiger partial charge in [0.25, 0.3) is 0 Å². The van der Waals surface area contributed by atoms with Crippen molar-refractivity contribution in [3.05, 3.63) is 191 Å². The molecule has 0 unspecified atom stereocenters. The zero-order valence-corrected chi connectivity index (χ0v) is 32.4. The van der Waals surface area contributed by atoms with Crippen molar-refractivity contribution in [2.45, 2.75) is 45.4 Å². The molecule has 4 aliphatic rings. The molecule has 8 aromatic rings. The standard InChI is InChI=1S/C51H45N4/c1-33-26-47-48(27-34(33)2)55(31-54(47,6)32-55)38-15-13-14-36(28-38)51(43-19-10-7-16-39(43)40-17-8-11-20-44(40)51)37-22-23-42-41-18-9-12-21-45(41)53(46(42)29-37)49-30-35(24-25-52-49)50(3,4)5/h7-31H,32H2,1-6H3/q+1/t54-,55+/m0/s1. The monoisotopic (exact) mass is 713 g/mol. The van der Waals surface area contributed by atoms with E-state index in [0.29, 0.717) is 0 Å². The van der Waals surface area contributed by atoms with Gasteiger partial charge in [-0.05, 0) is 99.7 Å². The van der Waals surface area contributed by atoms with E-state index in [1.807, 2.05) is 6.20 Å². The first-order chi connectivity index (χ1) is 26.5. The molecule has 0 spiro atoms. The summed E-state index contributed by atoms with van der Waals surface area (Å²) in [6.45, 7) is 14.8. The molecule has 6 aromatic carbocycles. The second-order valence-corrected chi connectivity index (χ2v) is 17.4. The Morgan fingerprint density at radius 1 is 0.636 bits per heavy atom. The highest BCUT2D eigenvalue weighted by atomic mass is 15.7. The van der Waals surface area contributed by atoms with E-state index >= 15 is 0 Å². The van der Waals surface area contributed by atoms with Gasteiger partial charge in [0.2, 0.25) is 0 Å². The minimum absolute atomic E-state index is 0.00247. The third kappa shape index (κ3) is 4.21. The maximum absolute atomic E-state index is 5.03. The van der Waals surface area contributed by atoms with Gasteiger partial charge >= 0.3 is 0 Å². The van der Waals surface area contributed by atoms with E-state index < -0.39 is 5.41 Å². The van der Waals surface area contributed by atoms with E-state index in [1.54, 1.807) is 0 Å². The fraction of sp³-hybridized carbons (Fsp3) is 0.176. The predicted molar refractivity (Wildman–Crippen MR) is 229 cm³/mol. The average Bonchev–Trinajstić information content (AvgIpc) is 3.83. The highest BCUT2D eigenvalue weighted by Gasteiger charge is 2.60. The molecule has 5 heterocycles. The predicted octanol–water partition coefficient (Wildman–Crippen LogP) is 12.1. The van der Waals surface area contributed by atoms with Crippen LogP contribution in [0.4, 0.5) is 17.1 Å².